The second-order valence-corrected chi connectivity index (χ2v) is 5.03. The summed E-state index contributed by atoms with van der Waals surface area (Å²) in [7, 11) is 0. The van der Waals surface area contributed by atoms with E-state index >= 15 is 0 Å². The van der Waals surface area contributed by atoms with Crippen molar-refractivity contribution in [2.75, 3.05) is 6.54 Å². The Morgan fingerprint density at radius 1 is 1.22 bits per heavy atom. The van der Waals surface area contributed by atoms with Gasteiger partial charge in [0.1, 0.15) is 5.76 Å². The monoisotopic (exact) mass is 307 g/mol. The summed E-state index contributed by atoms with van der Waals surface area (Å²) in [5.74, 6) is 0.942. The van der Waals surface area contributed by atoms with Crippen molar-refractivity contribution in [3.63, 3.8) is 0 Å². The third-order valence-corrected chi connectivity index (χ3v) is 3.72. The molecular weight excluding hydrogens is 290 g/mol. The molecule has 1 N–H and O–H groups in total. The first kappa shape index (κ1) is 13.4. The van der Waals surface area contributed by atoms with E-state index in [0.29, 0.717) is 0 Å². The van der Waals surface area contributed by atoms with Gasteiger partial charge < -0.3 is 9.73 Å². The van der Waals surface area contributed by atoms with Gasteiger partial charge in [0.2, 0.25) is 0 Å². The van der Waals surface area contributed by atoms with Gasteiger partial charge in [-0.15, -0.1) is 0 Å². The summed E-state index contributed by atoms with van der Waals surface area (Å²) in [6.07, 6.45) is 2.74. The highest BCUT2D eigenvalue weighted by Gasteiger charge is 2.20. The van der Waals surface area contributed by atoms with Crippen LogP contribution in [0, 0.1) is 0 Å². The van der Waals surface area contributed by atoms with Crippen LogP contribution in [0.4, 0.5) is 0 Å². The van der Waals surface area contributed by atoms with Crippen molar-refractivity contribution in [1.82, 2.24) is 5.32 Å². The number of benzene rings is 1. The minimum atomic E-state index is 0.107. The zero-order valence-electron chi connectivity index (χ0n) is 10.7. The van der Waals surface area contributed by atoms with Crippen LogP contribution in [0.25, 0.3) is 0 Å². The second kappa shape index (κ2) is 6.21. The van der Waals surface area contributed by atoms with E-state index in [4.69, 9.17) is 4.42 Å². The largest absolute Gasteiger partial charge is 0.466 e. The lowest BCUT2D eigenvalue weighted by atomic mass is 9.97. The molecule has 0 aliphatic carbocycles. The predicted octanol–water partition coefficient (Wildman–Crippen LogP) is 4.30. The van der Waals surface area contributed by atoms with Crippen LogP contribution in [0.5, 0.6) is 0 Å². The Bertz CT molecular complexity index is 507. The van der Waals surface area contributed by atoms with Crippen LogP contribution in [-0.4, -0.2) is 6.54 Å². The average Bonchev–Trinajstić information content (AvgIpc) is 2.82. The van der Waals surface area contributed by atoms with Gasteiger partial charge in [-0.05, 0) is 46.1 Å². The fraction of sp³-hybridized carbons (Fsp3) is 0.333. The van der Waals surface area contributed by atoms with Crippen LogP contribution < -0.4 is 5.32 Å². The predicted molar refractivity (Wildman–Crippen MR) is 77.7 cm³/mol. The molecule has 3 heteroatoms. The molecule has 2 rings (SSSR count). The van der Waals surface area contributed by atoms with E-state index < -0.39 is 0 Å². The highest BCUT2D eigenvalue weighted by atomic mass is 79.9. The van der Waals surface area contributed by atoms with Crippen LogP contribution in [0.1, 0.15) is 36.8 Å². The molecule has 0 radical (unpaired) electrons. The van der Waals surface area contributed by atoms with E-state index in [1.165, 1.54) is 11.1 Å². The summed E-state index contributed by atoms with van der Waals surface area (Å²) in [4.78, 5) is 0. The summed E-state index contributed by atoms with van der Waals surface area (Å²) in [6, 6.07) is 10.6. The smallest absolute Gasteiger partial charge is 0.139 e. The SMILES string of the molecule is CCNC(c1ccccc1CC)c1occc1Br. The average molecular weight is 308 g/mol. The summed E-state index contributed by atoms with van der Waals surface area (Å²) in [6.45, 7) is 5.19. The maximum Gasteiger partial charge on any atom is 0.139 e. The molecule has 1 aromatic carbocycles. The van der Waals surface area contributed by atoms with Gasteiger partial charge >= 0.3 is 0 Å². The molecule has 2 nitrogen and oxygen atoms in total. The minimum absolute atomic E-state index is 0.107. The number of halogens is 1. The number of rotatable bonds is 5. The zero-order valence-corrected chi connectivity index (χ0v) is 12.3. The van der Waals surface area contributed by atoms with Gasteiger partial charge in [-0.25, -0.2) is 0 Å². The third-order valence-electron chi connectivity index (χ3n) is 3.06. The molecule has 2 aromatic rings. The molecule has 1 aromatic heterocycles. The van der Waals surface area contributed by atoms with Gasteiger partial charge in [-0.3, -0.25) is 0 Å². The van der Waals surface area contributed by atoms with Crippen molar-refractivity contribution in [3.05, 3.63) is 58.0 Å². The molecule has 0 spiro atoms. The molecule has 96 valence electrons. The highest BCUT2D eigenvalue weighted by Crippen LogP contribution is 2.31. The zero-order chi connectivity index (χ0) is 13.0. The van der Waals surface area contributed by atoms with E-state index in [2.05, 4.69) is 59.4 Å². The van der Waals surface area contributed by atoms with E-state index in [0.717, 1.165) is 23.2 Å². The van der Waals surface area contributed by atoms with Crippen LogP contribution >= 0.6 is 15.9 Å². The number of furan rings is 1. The first-order valence-electron chi connectivity index (χ1n) is 6.32. The molecule has 1 heterocycles. The molecule has 1 unspecified atom stereocenters. The van der Waals surface area contributed by atoms with Gasteiger partial charge in [0.05, 0.1) is 16.8 Å². The Morgan fingerprint density at radius 2 is 2.00 bits per heavy atom. The van der Waals surface area contributed by atoms with E-state index in [1.807, 2.05) is 6.07 Å². The van der Waals surface area contributed by atoms with Gasteiger partial charge in [0, 0.05) is 0 Å². The van der Waals surface area contributed by atoms with Crippen LogP contribution in [0.15, 0.2) is 45.5 Å². The second-order valence-electron chi connectivity index (χ2n) is 4.18. The molecule has 1 atom stereocenters. The molecule has 0 amide bonds. The van der Waals surface area contributed by atoms with Crippen molar-refractivity contribution < 1.29 is 4.42 Å². The summed E-state index contributed by atoms with van der Waals surface area (Å²) in [5.41, 5.74) is 2.64. The Kier molecular flexibility index (Phi) is 4.61. The molecule has 18 heavy (non-hydrogen) atoms. The first-order chi connectivity index (χ1) is 8.77. The summed E-state index contributed by atoms with van der Waals surface area (Å²) < 4.78 is 6.64. The van der Waals surface area contributed by atoms with Gasteiger partial charge in [0.15, 0.2) is 0 Å². The van der Waals surface area contributed by atoms with E-state index in [-0.39, 0.29) is 6.04 Å². The molecular formula is C15H18BrNO. The number of hydrogen-bond acceptors (Lipinski definition) is 2. The Labute approximate surface area is 117 Å². The molecule has 0 aliphatic rings. The van der Waals surface area contributed by atoms with Crippen LogP contribution in [-0.2, 0) is 6.42 Å². The minimum Gasteiger partial charge on any atom is -0.466 e. The maximum absolute atomic E-state index is 5.62. The van der Waals surface area contributed by atoms with Crippen molar-refractivity contribution in [1.29, 1.82) is 0 Å². The maximum atomic E-state index is 5.62. The van der Waals surface area contributed by atoms with Crippen molar-refractivity contribution in [2.24, 2.45) is 0 Å². The Hall–Kier alpha value is -1.06. The van der Waals surface area contributed by atoms with Gasteiger partial charge in [0.25, 0.3) is 0 Å². The van der Waals surface area contributed by atoms with Crippen LogP contribution in [0.3, 0.4) is 0 Å². The van der Waals surface area contributed by atoms with Crippen LogP contribution in [0.2, 0.25) is 0 Å². The van der Waals surface area contributed by atoms with Gasteiger partial charge in [-0.1, -0.05) is 38.1 Å². The highest BCUT2D eigenvalue weighted by molar-refractivity contribution is 9.10. The van der Waals surface area contributed by atoms with Crippen molar-refractivity contribution in [2.45, 2.75) is 26.3 Å². The molecule has 0 saturated carbocycles. The number of hydrogen-bond donors (Lipinski definition) is 1. The molecule has 0 fully saturated rings. The lowest BCUT2D eigenvalue weighted by Gasteiger charge is -2.19. The third kappa shape index (κ3) is 2.68. The number of nitrogens with one attached hydrogen (secondary N) is 1. The Balaban J connectivity index is 2.45. The lowest BCUT2D eigenvalue weighted by molar-refractivity contribution is 0.448. The fourth-order valence-corrected chi connectivity index (χ4v) is 2.63. The standard InChI is InChI=1S/C15H18BrNO/c1-3-11-7-5-6-8-12(11)14(17-4-2)15-13(16)9-10-18-15/h5-10,14,17H,3-4H2,1-2H3. The lowest BCUT2D eigenvalue weighted by Crippen LogP contribution is -2.23. The topological polar surface area (TPSA) is 25.2 Å². The quantitative estimate of drug-likeness (QED) is 0.890. The summed E-state index contributed by atoms with van der Waals surface area (Å²) >= 11 is 3.55. The normalized spacial score (nSPS) is 12.6. The van der Waals surface area contributed by atoms with Crippen molar-refractivity contribution >= 4 is 15.9 Å². The number of aryl methyl sites for hydroxylation is 1. The van der Waals surface area contributed by atoms with Crippen molar-refractivity contribution in [3.8, 4) is 0 Å². The van der Waals surface area contributed by atoms with E-state index in [9.17, 15) is 0 Å². The fourth-order valence-electron chi connectivity index (χ4n) is 2.20. The molecule has 0 saturated heterocycles. The summed E-state index contributed by atoms with van der Waals surface area (Å²) in [5, 5.41) is 3.49. The molecule has 0 aliphatic heterocycles. The van der Waals surface area contributed by atoms with Gasteiger partial charge in [-0.2, -0.15) is 0 Å². The first-order valence-corrected chi connectivity index (χ1v) is 7.11. The molecule has 0 bridgehead atoms. The Morgan fingerprint density at radius 3 is 2.61 bits per heavy atom. The van der Waals surface area contributed by atoms with E-state index in [1.54, 1.807) is 6.26 Å².